The first-order valence-corrected chi connectivity index (χ1v) is 6.98. The van der Waals surface area contributed by atoms with Gasteiger partial charge >= 0.3 is 0 Å². The van der Waals surface area contributed by atoms with Gasteiger partial charge in [-0.3, -0.25) is 4.79 Å². The molecule has 1 N–H and O–H groups in total. The molecule has 0 unspecified atom stereocenters. The van der Waals surface area contributed by atoms with Gasteiger partial charge in [-0.1, -0.05) is 0 Å². The predicted molar refractivity (Wildman–Crippen MR) is 65.8 cm³/mol. The standard InChI is InChI=1S/C13H17NOS/c1-8-6-7-16-12(8)13(15)14-11(9-2-3-9)10-4-5-10/h6-7,9-11H,2-5H2,1H3,(H,14,15). The Bertz CT molecular complexity index is 392. The van der Waals surface area contributed by atoms with Gasteiger partial charge in [0, 0.05) is 6.04 Å². The largest absolute Gasteiger partial charge is 0.348 e. The number of aryl methyl sites for hydroxylation is 1. The molecule has 1 aromatic rings. The summed E-state index contributed by atoms with van der Waals surface area (Å²) in [7, 11) is 0. The Hall–Kier alpha value is -0.830. The van der Waals surface area contributed by atoms with Crippen LogP contribution in [0.3, 0.4) is 0 Å². The summed E-state index contributed by atoms with van der Waals surface area (Å²) in [6.45, 7) is 2.01. The highest BCUT2D eigenvalue weighted by Crippen LogP contribution is 2.44. The topological polar surface area (TPSA) is 29.1 Å². The minimum atomic E-state index is 0.149. The number of amides is 1. The predicted octanol–water partition coefficient (Wildman–Crippen LogP) is 2.97. The SMILES string of the molecule is Cc1ccsc1C(=O)NC(C1CC1)C1CC1. The minimum Gasteiger partial charge on any atom is -0.348 e. The number of carbonyl (C=O) groups excluding carboxylic acids is 1. The highest BCUT2D eigenvalue weighted by molar-refractivity contribution is 7.12. The van der Waals surface area contributed by atoms with Crippen LogP contribution in [0.5, 0.6) is 0 Å². The van der Waals surface area contributed by atoms with Crippen LogP contribution in [0.1, 0.15) is 40.9 Å². The Morgan fingerprint density at radius 2 is 2.00 bits per heavy atom. The van der Waals surface area contributed by atoms with Crippen LogP contribution in [0.2, 0.25) is 0 Å². The second-order valence-electron chi connectivity index (χ2n) is 5.11. The fourth-order valence-electron chi connectivity index (χ4n) is 2.35. The van der Waals surface area contributed by atoms with Crippen molar-refractivity contribution in [1.29, 1.82) is 0 Å². The van der Waals surface area contributed by atoms with Gasteiger partial charge in [0.2, 0.25) is 0 Å². The van der Waals surface area contributed by atoms with E-state index >= 15 is 0 Å². The molecule has 2 aliphatic rings. The second kappa shape index (κ2) is 3.88. The molecule has 1 amide bonds. The van der Waals surface area contributed by atoms with Crippen LogP contribution in [0, 0.1) is 18.8 Å². The highest BCUT2D eigenvalue weighted by Gasteiger charge is 2.42. The van der Waals surface area contributed by atoms with E-state index in [0.717, 1.165) is 22.3 Å². The van der Waals surface area contributed by atoms with Crippen molar-refractivity contribution >= 4 is 17.2 Å². The Labute approximate surface area is 100 Å². The number of hydrogen-bond acceptors (Lipinski definition) is 2. The van der Waals surface area contributed by atoms with E-state index in [-0.39, 0.29) is 5.91 Å². The zero-order valence-electron chi connectivity index (χ0n) is 9.53. The van der Waals surface area contributed by atoms with Crippen molar-refractivity contribution in [1.82, 2.24) is 5.32 Å². The quantitative estimate of drug-likeness (QED) is 0.854. The van der Waals surface area contributed by atoms with Crippen LogP contribution >= 0.6 is 11.3 Å². The minimum absolute atomic E-state index is 0.149. The summed E-state index contributed by atoms with van der Waals surface area (Å²) < 4.78 is 0. The molecule has 0 bridgehead atoms. The maximum absolute atomic E-state index is 12.1. The van der Waals surface area contributed by atoms with E-state index in [1.807, 2.05) is 18.4 Å². The monoisotopic (exact) mass is 235 g/mol. The third-order valence-corrected chi connectivity index (χ3v) is 4.64. The fourth-order valence-corrected chi connectivity index (χ4v) is 3.18. The lowest BCUT2D eigenvalue weighted by atomic mass is 10.1. The molecule has 0 spiro atoms. The van der Waals surface area contributed by atoms with Gasteiger partial charge in [0.05, 0.1) is 4.88 Å². The van der Waals surface area contributed by atoms with Crippen LogP contribution in [0.25, 0.3) is 0 Å². The van der Waals surface area contributed by atoms with Crippen molar-refractivity contribution in [3.63, 3.8) is 0 Å². The maximum atomic E-state index is 12.1. The average molecular weight is 235 g/mol. The zero-order chi connectivity index (χ0) is 11.1. The van der Waals surface area contributed by atoms with E-state index in [4.69, 9.17) is 0 Å². The Kier molecular flexibility index (Phi) is 2.51. The van der Waals surface area contributed by atoms with Gasteiger partial charge in [-0.15, -0.1) is 11.3 Å². The van der Waals surface area contributed by atoms with Crippen LogP contribution < -0.4 is 5.32 Å². The second-order valence-corrected chi connectivity index (χ2v) is 6.02. The van der Waals surface area contributed by atoms with E-state index in [0.29, 0.717) is 6.04 Å². The number of rotatable bonds is 4. The molecule has 3 heteroatoms. The Morgan fingerprint density at radius 1 is 1.38 bits per heavy atom. The molecule has 1 aromatic heterocycles. The first-order valence-electron chi connectivity index (χ1n) is 6.10. The van der Waals surface area contributed by atoms with Crippen molar-refractivity contribution in [2.24, 2.45) is 11.8 Å². The fraction of sp³-hybridized carbons (Fsp3) is 0.615. The van der Waals surface area contributed by atoms with Crippen LogP contribution in [0.4, 0.5) is 0 Å². The third kappa shape index (κ3) is 2.01. The van der Waals surface area contributed by atoms with E-state index in [9.17, 15) is 4.79 Å². The van der Waals surface area contributed by atoms with Gasteiger partial charge in [-0.25, -0.2) is 0 Å². The van der Waals surface area contributed by atoms with Crippen molar-refractivity contribution in [3.8, 4) is 0 Å². The van der Waals surface area contributed by atoms with Crippen molar-refractivity contribution < 1.29 is 4.79 Å². The third-order valence-electron chi connectivity index (χ3n) is 3.63. The Balaban J connectivity index is 1.69. The van der Waals surface area contributed by atoms with Gasteiger partial charge in [-0.2, -0.15) is 0 Å². The molecule has 0 aromatic carbocycles. The normalized spacial score (nSPS) is 20.1. The van der Waals surface area contributed by atoms with Gasteiger partial charge in [-0.05, 0) is 61.5 Å². The molecule has 2 saturated carbocycles. The molecule has 0 aliphatic heterocycles. The number of carbonyl (C=O) groups is 1. The molecule has 3 rings (SSSR count). The lowest BCUT2D eigenvalue weighted by Gasteiger charge is -2.17. The molecule has 0 saturated heterocycles. The molecule has 2 nitrogen and oxygen atoms in total. The number of thiophene rings is 1. The summed E-state index contributed by atoms with van der Waals surface area (Å²) in [6.07, 6.45) is 5.24. The van der Waals surface area contributed by atoms with Crippen LogP contribution in [0.15, 0.2) is 11.4 Å². The molecule has 16 heavy (non-hydrogen) atoms. The van der Waals surface area contributed by atoms with Crippen LogP contribution in [-0.4, -0.2) is 11.9 Å². The van der Waals surface area contributed by atoms with Gasteiger partial charge < -0.3 is 5.32 Å². The summed E-state index contributed by atoms with van der Waals surface area (Å²) in [4.78, 5) is 13.0. The molecule has 2 fully saturated rings. The van der Waals surface area contributed by atoms with E-state index in [1.165, 1.54) is 25.7 Å². The summed E-state index contributed by atoms with van der Waals surface area (Å²) in [6, 6.07) is 2.48. The van der Waals surface area contributed by atoms with E-state index in [2.05, 4.69) is 5.32 Å². The van der Waals surface area contributed by atoms with E-state index in [1.54, 1.807) is 11.3 Å². The highest BCUT2D eigenvalue weighted by atomic mass is 32.1. The van der Waals surface area contributed by atoms with Crippen molar-refractivity contribution in [2.75, 3.05) is 0 Å². The van der Waals surface area contributed by atoms with Gasteiger partial charge in [0.15, 0.2) is 0 Å². The molecular weight excluding hydrogens is 218 g/mol. The molecule has 1 heterocycles. The molecule has 0 atom stereocenters. The van der Waals surface area contributed by atoms with E-state index < -0.39 is 0 Å². The Morgan fingerprint density at radius 3 is 2.44 bits per heavy atom. The average Bonchev–Trinajstić information content (AvgIpc) is 3.14. The van der Waals surface area contributed by atoms with Crippen molar-refractivity contribution in [2.45, 2.75) is 38.6 Å². The first-order chi connectivity index (χ1) is 7.75. The smallest absolute Gasteiger partial charge is 0.261 e. The summed E-state index contributed by atoms with van der Waals surface area (Å²) >= 11 is 1.55. The van der Waals surface area contributed by atoms with Gasteiger partial charge in [0.25, 0.3) is 5.91 Å². The first kappa shape index (κ1) is 10.3. The summed E-state index contributed by atoms with van der Waals surface area (Å²) in [5, 5.41) is 5.25. The van der Waals surface area contributed by atoms with Crippen LogP contribution in [-0.2, 0) is 0 Å². The molecule has 86 valence electrons. The molecular formula is C13H17NOS. The maximum Gasteiger partial charge on any atom is 0.261 e. The number of hydrogen-bond donors (Lipinski definition) is 1. The lowest BCUT2D eigenvalue weighted by Crippen LogP contribution is -2.37. The van der Waals surface area contributed by atoms with Crippen molar-refractivity contribution in [3.05, 3.63) is 21.9 Å². The zero-order valence-corrected chi connectivity index (χ0v) is 10.3. The molecule has 2 aliphatic carbocycles. The number of nitrogens with one attached hydrogen (secondary N) is 1. The lowest BCUT2D eigenvalue weighted by molar-refractivity contribution is 0.0930. The summed E-state index contributed by atoms with van der Waals surface area (Å²) in [5.41, 5.74) is 1.10. The molecule has 0 radical (unpaired) electrons. The summed E-state index contributed by atoms with van der Waals surface area (Å²) in [5.74, 6) is 1.70. The van der Waals surface area contributed by atoms with Gasteiger partial charge in [0.1, 0.15) is 0 Å².